The van der Waals surface area contributed by atoms with E-state index in [-0.39, 0.29) is 29.1 Å². The minimum Gasteiger partial charge on any atom is -1.00 e. The molecule has 1 aromatic rings. The van der Waals surface area contributed by atoms with Crippen molar-refractivity contribution < 1.29 is 47.7 Å². The van der Waals surface area contributed by atoms with Crippen LogP contribution in [0.5, 0.6) is 0 Å². The Kier molecular flexibility index (Phi) is 4.78. The van der Waals surface area contributed by atoms with Crippen molar-refractivity contribution in [3.05, 3.63) is 34.9 Å². The van der Waals surface area contributed by atoms with Crippen molar-refractivity contribution in [1.29, 1.82) is 0 Å². The topological polar surface area (TPSA) is 0 Å². The molecule has 0 bridgehead atoms. The Bertz CT molecular complexity index is 371. The van der Waals surface area contributed by atoms with E-state index < -0.39 is 35.4 Å². The van der Waals surface area contributed by atoms with Crippen molar-refractivity contribution in [2.24, 2.45) is 0 Å². The second-order valence-electron chi connectivity index (χ2n) is 2.63. The Morgan fingerprint density at radius 2 is 1.44 bits per heavy atom. The molecule has 0 aliphatic rings. The lowest BCUT2D eigenvalue weighted by molar-refractivity contribution is -0.140. The lowest BCUT2D eigenvalue weighted by Gasteiger charge is -2.10. The molecule has 0 nitrogen and oxygen atoms in total. The third kappa shape index (κ3) is 2.87. The molecule has 0 saturated carbocycles. The SMILES string of the molecule is Fc1c(C(F)F)ccc(C(F)(F)F)c1F.[Br-]. The predicted octanol–water partition coefficient (Wildman–Crippen LogP) is 0.925. The van der Waals surface area contributed by atoms with Crippen molar-refractivity contribution in [2.45, 2.75) is 12.6 Å². The molecule has 0 aliphatic heterocycles. The van der Waals surface area contributed by atoms with Gasteiger partial charge in [0.15, 0.2) is 11.6 Å². The van der Waals surface area contributed by atoms with Crippen molar-refractivity contribution in [3.8, 4) is 0 Å². The Morgan fingerprint density at radius 3 is 1.81 bits per heavy atom. The smallest absolute Gasteiger partial charge is 0.419 e. The van der Waals surface area contributed by atoms with Crippen molar-refractivity contribution >= 4 is 0 Å². The van der Waals surface area contributed by atoms with Crippen LogP contribution >= 0.6 is 0 Å². The summed E-state index contributed by atoms with van der Waals surface area (Å²) in [7, 11) is 0. The second kappa shape index (κ2) is 5.03. The van der Waals surface area contributed by atoms with Gasteiger partial charge in [-0.2, -0.15) is 13.2 Å². The minimum absolute atomic E-state index is 0. The van der Waals surface area contributed by atoms with E-state index in [2.05, 4.69) is 0 Å². The summed E-state index contributed by atoms with van der Waals surface area (Å²) in [5.74, 6) is -4.47. The van der Waals surface area contributed by atoms with E-state index >= 15 is 0 Å². The molecule has 16 heavy (non-hydrogen) atoms. The summed E-state index contributed by atoms with van der Waals surface area (Å²) in [6.45, 7) is 0. The third-order valence-electron chi connectivity index (χ3n) is 1.65. The van der Waals surface area contributed by atoms with E-state index in [9.17, 15) is 30.7 Å². The Balaban J connectivity index is 0.00000225. The molecular weight excluding hydrogens is 309 g/mol. The van der Waals surface area contributed by atoms with Crippen LogP contribution < -0.4 is 17.0 Å². The lowest BCUT2D eigenvalue weighted by Crippen LogP contribution is -3.00. The van der Waals surface area contributed by atoms with Gasteiger partial charge in [0.25, 0.3) is 6.43 Å². The first-order valence-corrected chi connectivity index (χ1v) is 3.58. The number of hydrogen-bond donors (Lipinski definition) is 0. The summed E-state index contributed by atoms with van der Waals surface area (Å²) in [4.78, 5) is 0. The van der Waals surface area contributed by atoms with Crippen molar-refractivity contribution in [1.82, 2.24) is 0 Å². The highest BCUT2D eigenvalue weighted by atomic mass is 79.9. The van der Waals surface area contributed by atoms with Gasteiger partial charge in [-0.1, -0.05) is 0 Å². The molecule has 0 unspecified atom stereocenters. The molecule has 0 fully saturated rings. The average Bonchev–Trinajstić information content (AvgIpc) is 2.06. The second-order valence-corrected chi connectivity index (χ2v) is 2.63. The highest BCUT2D eigenvalue weighted by molar-refractivity contribution is 5.28. The molecule has 1 aromatic carbocycles. The fourth-order valence-corrected chi connectivity index (χ4v) is 0.952. The van der Waals surface area contributed by atoms with E-state index in [0.29, 0.717) is 0 Å². The summed E-state index contributed by atoms with van der Waals surface area (Å²) in [6, 6.07) is 0.297. The molecule has 0 aliphatic carbocycles. The normalized spacial score (nSPS) is 11.5. The van der Waals surface area contributed by atoms with Gasteiger partial charge in [0, 0.05) is 0 Å². The number of hydrogen-bond acceptors (Lipinski definition) is 0. The van der Waals surface area contributed by atoms with Crippen LogP contribution in [0.25, 0.3) is 0 Å². The van der Waals surface area contributed by atoms with E-state index in [0.717, 1.165) is 0 Å². The number of rotatable bonds is 1. The molecule has 0 saturated heterocycles. The molecule has 8 heteroatoms. The Labute approximate surface area is 95.8 Å². The average molecular weight is 312 g/mol. The largest absolute Gasteiger partial charge is 1.00 e. The van der Waals surface area contributed by atoms with E-state index in [1.807, 2.05) is 0 Å². The van der Waals surface area contributed by atoms with E-state index in [1.165, 1.54) is 0 Å². The number of benzene rings is 1. The summed E-state index contributed by atoms with van der Waals surface area (Å²) in [5.41, 5.74) is -3.29. The van der Waals surface area contributed by atoms with Crippen LogP contribution in [-0.2, 0) is 6.18 Å². The van der Waals surface area contributed by atoms with Gasteiger partial charge < -0.3 is 17.0 Å². The summed E-state index contributed by atoms with van der Waals surface area (Å²) in [5, 5.41) is 0. The quantitative estimate of drug-likeness (QED) is 0.677. The van der Waals surface area contributed by atoms with E-state index in [1.54, 1.807) is 0 Å². The zero-order valence-corrected chi connectivity index (χ0v) is 8.84. The highest BCUT2D eigenvalue weighted by Crippen LogP contribution is 2.34. The molecule has 0 radical (unpaired) electrons. The monoisotopic (exact) mass is 311 g/mol. The maximum atomic E-state index is 12.7. The van der Waals surface area contributed by atoms with Crippen molar-refractivity contribution in [3.63, 3.8) is 0 Å². The minimum atomic E-state index is -5.11. The third-order valence-corrected chi connectivity index (χ3v) is 1.65. The zero-order chi connectivity index (χ0) is 11.8. The molecule has 0 atom stereocenters. The molecule has 0 N–H and O–H groups in total. The van der Waals surface area contributed by atoms with Gasteiger partial charge in [0.05, 0.1) is 11.1 Å². The molecule has 0 heterocycles. The summed E-state index contributed by atoms with van der Waals surface area (Å²) < 4.78 is 85.2. The van der Waals surface area contributed by atoms with Gasteiger partial charge in [-0.3, -0.25) is 0 Å². The van der Waals surface area contributed by atoms with Crippen LogP contribution in [0.1, 0.15) is 17.6 Å². The van der Waals surface area contributed by atoms with E-state index in [4.69, 9.17) is 0 Å². The Morgan fingerprint density at radius 1 is 0.938 bits per heavy atom. The molecule has 0 amide bonds. The molecule has 0 aromatic heterocycles. The number of halogens is 8. The van der Waals surface area contributed by atoms with Gasteiger partial charge in [-0.05, 0) is 12.1 Å². The van der Waals surface area contributed by atoms with Gasteiger partial charge in [0.2, 0.25) is 0 Å². The Hall–Kier alpha value is -0.790. The first-order chi connectivity index (χ1) is 6.75. The van der Waals surface area contributed by atoms with Crippen molar-refractivity contribution in [2.75, 3.05) is 0 Å². The first kappa shape index (κ1) is 15.2. The summed E-state index contributed by atoms with van der Waals surface area (Å²) >= 11 is 0. The molecule has 92 valence electrons. The van der Waals surface area contributed by atoms with Crippen LogP contribution in [0, 0.1) is 11.6 Å². The summed E-state index contributed by atoms with van der Waals surface area (Å²) in [6.07, 6.45) is -8.47. The van der Waals surface area contributed by atoms with Crippen LogP contribution in [0.15, 0.2) is 12.1 Å². The fraction of sp³-hybridized carbons (Fsp3) is 0.250. The van der Waals surface area contributed by atoms with Gasteiger partial charge in [-0.25, -0.2) is 17.6 Å². The molecule has 0 spiro atoms. The maximum absolute atomic E-state index is 12.7. The molecule has 1 rings (SSSR count). The van der Waals surface area contributed by atoms with Crippen LogP contribution in [0.2, 0.25) is 0 Å². The lowest BCUT2D eigenvalue weighted by atomic mass is 10.1. The molecular formula is C8H3BrF7-. The van der Waals surface area contributed by atoms with Gasteiger partial charge in [0.1, 0.15) is 0 Å². The van der Waals surface area contributed by atoms with Crippen LogP contribution in [0.4, 0.5) is 30.7 Å². The fourth-order valence-electron chi connectivity index (χ4n) is 0.952. The maximum Gasteiger partial charge on any atom is 0.419 e. The number of alkyl halides is 5. The predicted molar refractivity (Wildman–Crippen MR) is 36.3 cm³/mol. The van der Waals surface area contributed by atoms with Crippen LogP contribution in [-0.4, -0.2) is 0 Å². The van der Waals surface area contributed by atoms with Gasteiger partial charge >= 0.3 is 6.18 Å². The standard InChI is InChI=1S/C8H3F7.BrH/c9-5-3(7(11)12)1-2-4(6(5)10)8(13,14)15;/h1-2,7H;1H/p-1. The first-order valence-electron chi connectivity index (χ1n) is 3.58. The van der Waals surface area contributed by atoms with Crippen LogP contribution in [0.3, 0.4) is 0 Å². The van der Waals surface area contributed by atoms with Gasteiger partial charge in [-0.15, -0.1) is 0 Å². The highest BCUT2D eigenvalue weighted by Gasteiger charge is 2.36. The zero-order valence-electron chi connectivity index (χ0n) is 7.26.